The number of urea groups is 1. The Hall–Kier alpha value is -4.57. The first-order chi connectivity index (χ1) is 18.3. The molecule has 4 aromatic carbocycles. The zero-order chi connectivity index (χ0) is 27.1. The Bertz CT molecular complexity index is 1520. The summed E-state index contributed by atoms with van der Waals surface area (Å²) in [5.74, 6) is 0.213. The van der Waals surface area contributed by atoms with Gasteiger partial charge in [-0.1, -0.05) is 66.7 Å². The van der Waals surface area contributed by atoms with E-state index < -0.39 is 28.2 Å². The molecular formula is C28H28N4O5S. The number of amides is 3. The van der Waals surface area contributed by atoms with E-state index in [0.29, 0.717) is 22.5 Å². The molecule has 3 N–H and O–H groups in total. The van der Waals surface area contributed by atoms with Crippen molar-refractivity contribution in [2.75, 3.05) is 23.8 Å². The van der Waals surface area contributed by atoms with Gasteiger partial charge in [0.15, 0.2) is 0 Å². The van der Waals surface area contributed by atoms with Crippen LogP contribution in [-0.4, -0.2) is 40.6 Å². The molecule has 0 aromatic heterocycles. The maximum atomic E-state index is 13.4. The summed E-state index contributed by atoms with van der Waals surface area (Å²) in [4.78, 5) is 27.7. The third kappa shape index (κ3) is 6.60. The van der Waals surface area contributed by atoms with Crippen LogP contribution in [0.1, 0.15) is 5.56 Å². The number of rotatable bonds is 9. The number of hydrogen-bond donors (Lipinski definition) is 3. The van der Waals surface area contributed by atoms with Gasteiger partial charge in [0.2, 0.25) is 5.91 Å². The third-order valence-corrected chi connectivity index (χ3v) is 6.88. The summed E-state index contributed by atoms with van der Waals surface area (Å²) in [6, 6.07) is 26.4. The Morgan fingerprint density at radius 3 is 2.24 bits per heavy atom. The quantitative estimate of drug-likeness (QED) is 0.300. The molecule has 38 heavy (non-hydrogen) atoms. The SMILES string of the molecule is COc1ccc(N(C)C(=O)[C@H](Cc2ccccc2)NC(=O)NS(=O)(=O)Nc2cccc3ccccc23)cc1. The Morgan fingerprint density at radius 2 is 1.53 bits per heavy atom. The summed E-state index contributed by atoms with van der Waals surface area (Å²) in [6.45, 7) is 0. The second kappa shape index (κ2) is 11.7. The van der Waals surface area contributed by atoms with Crippen LogP contribution in [0.25, 0.3) is 10.8 Å². The van der Waals surface area contributed by atoms with E-state index in [1.54, 1.807) is 62.7 Å². The van der Waals surface area contributed by atoms with E-state index >= 15 is 0 Å². The van der Waals surface area contributed by atoms with Crippen molar-refractivity contribution in [3.8, 4) is 5.75 Å². The molecule has 0 aliphatic carbocycles. The van der Waals surface area contributed by atoms with Crippen molar-refractivity contribution < 1.29 is 22.7 Å². The van der Waals surface area contributed by atoms with Gasteiger partial charge in [-0.15, -0.1) is 0 Å². The molecule has 4 rings (SSSR count). The summed E-state index contributed by atoms with van der Waals surface area (Å²) >= 11 is 0. The Kier molecular flexibility index (Phi) is 8.12. The molecule has 0 spiro atoms. The summed E-state index contributed by atoms with van der Waals surface area (Å²) < 4.78 is 35.1. The van der Waals surface area contributed by atoms with Crippen molar-refractivity contribution in [2.45, 2.75) is 12.5 Å². The molecule has 0 aliphatic rings. The molecular weight excluding hydrogens is 504 g/mol. The lowest BCUT2D eigenvalue weighted by atomic mass is 10.0. The van der Waals surface area contributed by atoms with Crippen LogP contribution in [0, 0.1) is 0 Å². The molecule has 0 fully saturated rings. The van der Waals surface area contributed by atoms with Gasteiger partial charge in [0.25, 0.3) is 0 Å². The fraction of sp³-hybridized carbons (Fsp3) is 0.143. The zero-order valence-corrected chi connectivity index (χ0v) is 21.7. The van der Waals surface area contributed by atoms with Gasteiger partial charge in [0.1, 0.15) is 11.8 Å². The number of benzene rings is 4. The van der Waals surface area contributed by atoms with Gasteiger partial charge in [0.05, 0.1) is 12.8 Å². The van der Waals surface area contributed by atoms with Crippen LogP contribution in [0.4, 0.5) is 16.2 Å². The van der Waals surface area contributed by atoms with Crippen molar-refractivity contribution in [3.05, 3.63) is 103 Å². The molecule has 0 bridgehead atoms. The molecule has 0 heterocycles. The van der Waals surface area contributed by atoms with E-state index in [4.69, 9.17) is 4.74 Å². The molecule has 4 aromatic rings. The normalized spacial score (nSPS) is 11.8. The minimum atomic E-state index is -4.30. The lowest BCUT2D eigenvalue weighted by Crippen LogP contribution is -2.53. The van der Waals surface area contributed by atoms with Crippen molar-refractivity contribution in [1.29, 1.82) is 0 Å². The number of ether oxygens (including phenoxy) is 1. The number of nitrogens with one attached hydrogen (secondary N) is 3. The predicted molar refractivity (Wildman–Crippen MR) is 148 cm³/mol. The van der Waals surface area contributed by atoms with Gasteiger partial charge >= 0.3 is 16.2 Å². The maximum Gasteiger partial charge on any atom is 0.330 e. The largest absolute Gasteiger partial charge is 0.497 e. The Morgan fingerprint density at radius 1 is 0.868 bits per heavy atom. The smallest absolute Gasteiger partial charge is 0.330 e. The number of carbonyl (C=O) groups is 2. The monoisotopic (exact) mass is 532 g/mol. The van der Waals surface area contributed by atoms with Gasteiger partial charge in [0, 0.05) is 24.5 Å². The molecule has 196 valence electrons. The number of likely N-dealkylation sites (N-methyl/N-ethyl adjacent to an activating group) is 1. The minimum Gasteiger partial charge on any atom is -0.497 e. The lowest BCUT2D eigenvalue weighted by Gasteiger charge is -2.25. The van der Waals surface area contributed by atoms with Crippen LogP contribution in [0.5, 0.6) is 5.75 Å². The van der Waals surface area contributed by atoms with E-state index in [1.807, 2.05) is 53.3 Å². The van der Waals surface area contributed by atoms with Crippen LogP contribution in [0.2, 0.25) is 0 Å². The summed E-state index contributed by atoms with van der Waals surface area (Å²) in [5.41, 5.74) is 1.70. The first-order valence-electron chi connectivity index (χ1n) is 11.8. The second-order valence-corrected chi connectivity index (χ2v) is 9.96. The van der Waals surface area contributed by atoms with Gasteiger partial charge in [-0.2, -0.15) is 8.42 Å². The highest BCUT2D eigenvalue weighted by molar-refractivity contribution is 7.91. The number of methoxy groups -OCH3 is 1. The topological polar surface area (TPSA) is 117 Å². The van der Waals surface area contributed by atoms with Crippen LogP contribution in [-0.2, 0) is 21.4 Å². The van der Waals surface area contributed by atoms with E-state index in [2.05, 4.69) is 10.0 Å². The molecule has 10 heteroatoms. The fourth-order valence-corrected chi connectivity index (χ4v) is 4.83. The Labute approximate surface area is 221 Å². The van der Waals surface area contributed by atoms with E-state index in [1.165, 1.54) is 4.90 Å². The van der Waals surface area contributed by atoms with Crippen molar-refractivity contribution >= 4 is 44.3 Å². The standard InChI is InChI=1S/C28H28N4O5S/c1-32(22-15-17-23(37-2)18-16-22)27(33)26(19-20-9-4-3-5-10-20)29-28(34)31-38(35,36)30-25-14-8-12-21-11-6-7-13-24(21)25/h3-18,26,30H,19H2,1-2H3,(H2,29,31,34)/t26-/m0/s1. The number of fused-ring (bicyclic) bond motifs is 1. The average molecular weight is 533 g/mol. The van der Waals surface area contributed by atoms with E-state index in [9.17, 15) is 18.0 Å². The van der Waals surface area contributed by atoms with E-state index in [0.717, 1.165) is 10.9 Å². The fourth-order valence-electron chi connectivity index (χ4n) is 4.01. The average Bonchev–Trinajstić information content (AvgIpc) is 2.92. The number of hydrogen-bond acceptors (Lipinski definition) is 5. The highest BCUT2D eigenvalue weighted by Crippen LogP contribution is 2.23. The zero-order valence-electron chi connectivity index (χ0n) is 20.9. The molecule has 0 saturated heterocycles. The molecule has 0 saturated carbocycles. The van der Waals surface area contributed by atoms with Gasteiger partial charge in [-0.3, -0.25) is 9.52 Å². The lowest BCUT2D eigenvalue weighted by molar-refractivity contribution is -0.120. The van der Waals surface area contributed by atoms with Crippen LogP contribution >= 0.6 is 0 Å². The molecule has 9 nitrogen and oxygen atoms in total. The van der Waals surface area contributed by atoms with Gasteiger partial charge in [-0.25, -0.2) is 9.52 Å². The van der Waals surface area contributed by atoms with Crippen molar-refractivity contribution in [2.24, 2.45) is 0 Å². The summed E-state index contributed by atoms with van der Waals surface area (Å²) in [7, 11) is -1.17. The molecule has 0 aliphatic heterocycles. The molecule has 0 unspecified atom stereocenters. The minimum absolute atomic E-state index is 0.157. The highest BCUT2D eigenvalue weighted by Gasteiger charge is 2.27. The maximum absolute atomic E-state index is 13.4. The van der Waals surface area contributed by atoms with Crippen LogP contribution in [0.3, 0.4) is 0 Å². The number of nitrogens with zero attached hydrogens (tertiary/aromatic N) is 1. The molecule has 0 radical (unpaired) electrons. The summed E-state index contributed by atoms with van der Waals surface area (Å²) in [5, 5.41) is 4.05. The van der Waals surface area contributed by atoms with Crippen LogP contribution < -0.4 is 24.4 Å². The first-order valence-corrected chi connectivity index (χ1v) is 13.3. The first kappa shape index (κ1) is 26.5. The second-order valence-electron chi connectivity index (χ2n) is 8.55. The highest BCUT2D eigenvalue weighted by atomic mass is 32.2. The van der Waals surface area contributed by atoms with Gasteiger partial charge < -0.3 is 15.0 Å². The van der Waals surface area contributed by atoms with Crippen molar-refractivity contribution in [3.63, 3.8) is 0 Å². The summed E-state index contributed by atoms with van der Waals surface area (Å²) in [6.07, 6.45) is 0.157. The van der Waals surface area contributed by atoms with Gasteiger partial charge in [-0.05, 0) is 41.3 Å². The predicted octanol–water partition coefficient (Wildman–Crippen LogP) is 4.08. The van der Waals surface area contributed by atoms with E-state index in [-0.39, 0.29) is 6.42 Å². The van der Waals surface area contributed by atoms with Crippen LogP contribution in [0.15, 0.2) is 97.1 Å². The number of carbonyl (C=O) groups excluding carboxylic acids is 2. The third-order valence-electron chi connectivity index (χ3n) is 5.94. The molecule has 1 atom stereocenters. The number of anilines is 2. The molecule has 3 amide bonds. The Balaban J connectivity index is 1.51. The van der Waals surface area contributed by atoms with Crippen molar-refractivity contribution in [1.82, 2.24) is 10.0 Å².